The van der Waals surface area contributed by atoms with Gasteiger partial charge in [-0.25, -0.2) is 0 Å². The van der Waals surface area contributed by atoms with Gasteiger partial charge in [0.15, 0.2) is 6.19 Å². The second-order valence-electron chi connectivity index (χ2n) is 1.84. The summed E-state index contributed by atoms with van der Waals surface area (Å²) in [5, 5.41) is 11.5. The topological polar surface area (TPSA) is 39.1 Å². The smallest absolute Gasteiger partial charge is 0.179 e. The molecule has 0 aromatic rings. The molecule has 0 bridgehead atoms. The Bertz CT molecular complexity index is 106. The van der Waals surface area contributed by atoms with Crippen molar-refractivity contribution in [2.75, 3.05) is 26.2 Å². The van der Waals surface area contributed by atoms with Crippen molar-refractivity contribution in [3.8, 4) is 6.19 Å². The van der Waals surface area contributed by atoms with E-state index in [-0.39, 0.29) is 24.8 Å². The molecule has 0 saturated carbocycles. The minimum atomic E-state index is 0. The fraction of sp³-hybridized carbons (Fsp3) is 0.800. The Morgan fingerprint density at radius 2 is 1.70 bits per heavy atom. The minimum Gasteiger partial charge on any atom is -0.313 e. The van der Waals surface area contributed by atoms with E-state index >= 15 is 0 Å². The summed E-state index contributed by atoms with van der Waals surface area (Å²) in [4.78, 5) is 1.76. The highest BCUT2D eigenvalue weighted by Gasteiger charge is 2.04. The van der Waals surface area contributed by atoms with Crippen LogP contribution in [-0.4, -0.2) is 31.1 Å². The summed E-state index contributed by atoms with van der Waals surface area (Å²) in [7, 11) is 0. The first-order valence-electron chi connectivity index (χ1n) is 2.79. The molecule has 1 aliphatic rings. The highest BCUT2D eigenvalue weighted by atomic mass is 35.5. The van der Waals surface area contributed by atoms with Gasteiger partial charge in [-0.1, -0.05) is 0 Å². The van der Waals surface area contributed by atoms with E-state index in [1.54, 1.807) is 4.90 Å². The number of nitrogens with zero attached hydrogens (tertiary/aromatic N) is 2. The lowest BCUT2D eigenvalue weighted by Crippen LogP contribution is -2.40. The van der Waals surface area contributed by atoms with Gasteiger partial charge in [0.05, 0.1) is 0 Å². The van der Waals surface area contributed by atoms with Gasteiger partial charge < -0.3 is 10.2 Å². The van der Waals surface area contributed by atoms with Crippen LogP contribution in [0.25, 0.3) is 0 Å². The first kappa shape index (κ1) is 12.5. The molecule has 0 radical (unpaired) electrons. The van der Waals surface area contributed by atoms with E-state index < -0.39 is 0 Å². The van der Waals surface area contributed by atoms with E-state index in [9.17, 15) is 0 Å². The third kappa shape index (κ3) is 3.78. The zero-order chi connectivity index (χ0) is 5.82. The molecule has 0 aromatic carbocycles. The van der Waals surface area contributed by atoms with Crippen molar-refractivity contribution >= 4 is 24.8 Å². The van der Waals surface area contributed by atoms with Crippen molar-refractivity contribution in [1.82, 2.24) is 10.2 Å². The number of hydrogen-bond acceptors (Lipinski definition) is 3. The maximum absolute atomic E-state index is 8.34. The average Bonchev–Trinajstić information content (AvgIpc) is 1.90. The second kappa shape index (κ2) is 6.94. The molecule has 1 saturated heterocycles. The Balaban J connectivity index is 0. The Labute approximate surface area is 73.2 Å². The molecule has 0 aliphatic carbocycles. The predicted octanol–water partition coefficient (Wildman–Crippen LogP) is 0.216. The van der Waals surface area contributed by atoms with E-state index in [4.69, 9.17) is 5.26 Å². The Morgan fingerprint density at radius 3 is 2.00 bits per heavy atom. The molecular weight excluding hydrogens is 173 g/mol. The molecule has 0 unspecified atom stereocenters. The van der Waals surface area contributed by atoms with Crippen LogP contribution in [0.4, 0.5) is 0 Å². The molecule has 0 atom stereocenters. The highest BCUT2D eigenvalue weighted by molar-refractivity contribution is 5.85. The number of nitriles is 1. The molecule has 0 aromatic heterocycles. The lowest BCUT2D eigenvalue weighted by Gasteiger charge is -2.20. The van der Waals surface area contributed by atoms with Crippen LogP contribution in [0.5, 0.6) is 0 Å². The molecule has 1 fully saturated rings. The number of rotatable bonds is 0. The maximum Gasteiger partial charge on any atom is 0.179 e. The maximum atomic E-state index is 8.34. The van der Waals surface area contributed by atoms with Gasteiger partial charge >= 0.3 is 0 Å². The molecule has 1 aliphatic heterocycles. The van der Waals surface area contributed by atoms with Crippen LogP contribution in [-0.2, 0) is 0 Å². The molecule has 1 rings (SSSR count). The Kier molecular flexibility index (Phi) is 8.68. The largest absolute Gasteiger partial charge is 0.313 e. The lowest BCUT2D eigenvalue weighted by molar-refractivity contribution is 0.337. The van der Waals surface area contributed by atoms with Gasteiger partial charge in [0.1, 0.15) is 0 Å². The van der Waals surface area contributed by atoms with Gasteiger partial charge in [0.2, 0.25) is 0 Å². The van der Waals surface area contributed by atoms with E-state index in [0.29, 0.717) is 0 Å². The third-order valence-corrected chi connectivity index (χ3v) is 1.26. The first-order valence-corrected chi connectivity index (χ1v) is 2.79. The van der Waals surface area contributed by atoms with Crippen molar-refractivity contribution in [2.24, 2.45) is 0 Å². The van der Waals surface area contributed by atoms with Crippen LogP contribution in [0.2, 0.25) is 0 Å². The van der Waals surface area contributed by atoms with E-state index in [0.717, 1.165) is 26.2 Å². The fourth-order valence-electron chi connectivity index (χ4n) is 0.765. The van der Waals surface area contributed by atoms with Crippen molar-refractivity contribution < 1.29 is 0 Å². The quantitative estimate of drug-likeness (QED) is 0.547. The third-order valence-electron chi connectivity index (χ3n) is 1.26. The predicted molar refractivity (Wildman–Crippen MR) is 44.6 cm³/mol. The summed E-state index contributed by atoms with van der Waals surface area (Å²) in [5.74, 6) is 0. The van der Waals surface area contributed by atoms with Crippen molar-refractivity contribution in [1.29, 1.82) is 5.26 Å². The summed E-state index contributed by atoms with van der Waals surface area (Å²) >= 11 is 0. The van der Waals surface area contributed by atoms with Gasteiger partial charge in [-0.05, 0) is 0 Å². The van der Waals surface area contributed by atoms with Crippen LogP contribution in [0.15, 0.2) is 0 Å². The normalized spacial score (nSPS) is 16.1. The van der Waals surface area contributed by atoms with E-state index in [1.165, 1.54) is 0 Å². The highest BCUT2D eigenvalue weighted by Crippen LogP contribution is 1.86. The monoisotopic (exact) mass is 183 g/mol. The molecule has 0 amide bonds. The number of piperazine rings is 1. The molecule has 5 heteroatoms. The summed E-state index contributed by atoms with van der Waals surface area (Å²) in [5.41, 5.74) is 0. The number of halogens is 2. The summed E-state index contributed by atoms with van der Waals surface area (Å²) in [6.07, 6.45) is 2.10. The van der Waals surface area contributed by atoms with Crippen LogP contribution < -0.4 is 5.32 Å². The lowest BCUT2D eigenvalue weighted by atomic mass is 10.4. The van der Waals surface area contributed by atoms with Gasteiger partial charge in [-0.15, -0.1) is 24.8 Å². The average molecular weight is 184 g/mol. The van der Waals surface area contributed by atoms with Gasteiger partial charge in [0.25, 0.3) is 0 Å². The Hall–Kier alpha value is -0.170. The first-order chi connectivity index (χ1) is 3.93. The summed E-state index contributed by atoms with van der Waals surface area (Å²) in [6, 6.07) is 0. The van der Waals surface area contributed by atoms with Crippen LogP contribution in [0.3, 0.4) is 0 Å². The zero-order valence-corrected chi connectivity index (χ0v) is 7.17. The van der Waals surface area contributed by atoms with E-state index in [1.807, 2.05) is 0 Å². The zero-order valence-electron chi connectivity index (χ0n) is 5.54. The van der Waals surface area contributed by atoms with Crippen LogP contribution in [0.1, 0.15) is 0 Å². The summed E-state index contributed by atoms with van der Waals surface area (Å²) in [6.45, 7) is 3.65. The molecular formula is C5H11Cl2N3. The number of hydrogen-bond donors (Lipinski definition) is 1. The Morgan fingerprint density at radius 1 is 1.20 bits per heavy atom. The molecule has 1 heterocycles. The van der Waals surface area contributed by atoms with Crippen molar-refractivity contribution in [3.05, 3.63) is 0 Å². The van der Waals surface area contributed by atoms with Crippen molar-refractivity contribution in [3.63, 3.8) is 0 Å². The molecule has 0 spiro atoms. The number of nitrogens with one attached hydrogen (secondary N) is 1. The van der Waals surface area contributed by atoms with Crippen molar-refractivity contribution in [2.45, 2.75) is 0 Å². The van der Waals surface area contributed by atoms with Gasteiger partial charge in [-0.3, -0.25) is 0 Å². The summed E-state index contributed by atoms with van der Waals surface area (Å²) < 4.78 is 0. The molecule has 10 heavy (non-hydrogen) atoms. The molecule has 1 N–H and O–H groups in total. The minimum absolute atomic E-state index is 0. The van der Waals surface area contributed by atoms with Gasteiger partial charge in [0, 0.05) is 26.2 Å². The SMILES string of the molecule is Cl.Cl.N#CN1CCNCC1. The van der Waals surface area contributed by atoms with Gasteiger partial charge in [-0.2, -0.15) is 5.26 Å². The fourth-order valence-corrected chi connectivity index (χ4v) is 0.765. The molecule has 60 valence electrons. The van der Waals surface area contributed by atoms with Crippen LogP contribution >= 0.6 is 24.8 Å². The second-order valence-corrected chi connectivity index (χ2v) is 1.84. The van der Waals surface area contributed by atoms with Crippen LogP contribution in [0, 0.1) is 11.5 Å². The molecule has 3 nitrogen and oxygen atoms in total. The van der Waals surface area contributed by atoms with E-state index in [2.05, 4.69) is 11.5 Å². The standard InChI is InChI=1S/C5H9N3.2ClH/c6-5-8-3-1-7-2-4-8;;/h7H,1-4H2;2*1H.